The SMILES string of the molecule is COc1ccc2ccccc2c1-c1cccc(-c2c(OC)ccc3ccccc23)c1P1C(C(C)(C)C)CC(=O)CC1C(C)(C)C. The van der Waals surface area contributed by atoms with Gasteiger partial charge in [0.15, 0.2) is 0 Å². The molecule has 1 fully saturated rings. The normalized spacial score (nSPS) is 19.2. The Kier molecular flexibility index (Phi) is 8.29. The minimum Gasteiger partial charge on any atom is -0.496 e. The van der Waals surface area contributed by atoms with Crippen molar-refractivity contribution in [2.24, 2.45) is 10.8 Å². The minimum atomic E-state index is -0.863. The van der Waals surface area contributed by atoms with Gasteiger partial charge in [-0.1, -0.05) is 128 Å². The second-order valence-corrected chi connectivity index (χ2v) is 17.1. The monoisotopic (exact) mass is 616 g/mol. The number of benzene rings is 5. The number of ether oxygens (including phenoxy) is 2. The van der Waals surface area contributed by atoms with E-state index in [2.05, 4.69) is 133 Å². The highest BCUT2D eigenvalue weighted by Gasteiger charge is 2.48. The Morgan fingerprint density at radius 2 is 1.00 bits per heavy atom. The molecule has 0 amide bonds. The highest BCUT2D eigenvalue weighted by atomic mass is 31.1. The lowest BCUT2D eigenvalue weighted by molar-refractivity contribution is -0.120. The van der Waals surface area contributed by atoms with E-state index in [1.165, 1.54) is 38.0 Å². The van der Waals surface area contributed by atoms with Gasteiger partial charge in [-0.25, -0.2) is 0 Å². The Morgan fingerprint density at radius 3 is 1.40 bits per heavy atom. The molecule has 0 bridgehead atoms. The third kappa shape index (κ3) is 5.66. The Morgan fingerprint density at radius 1 is 0.578 bits per heavy atom. The number of carbonyl (C=O) groups excluding carboxylic acids is 1. The predicted octanol–water partition coefficient (Wildman–Crippen LogP) is 10.6. The van der Waals surface area contributed by atoms with Crippen molar-refractivity contribution in [3.8, 4) is 33.8 Å². The van der Waals surface area contributed by atoms with Gasteiger partial charge >= 0.3 is 0 Å². The lowest BCUT2D eigenvalue weighted by Gasteiger charge is -2.50. The fraction of sp³-hybridized carbons (Fsp3) is 0.341. The number of Topliss-reactive ketones (excluding diaryl/α,β-unsaturated/α-hetero) is 1. The van der Waals surface area contributed by atoms with Crippen molar-refractivity contribution < 1.29 is 14.3 Å². The third-order valence-corrected chi connectivity index (χ3v) is 13.8. The molecular formula is C41H45O3P. The summed E-state index contributed by atoms with van der Waals surface area (Å²) in [6, 6.07) is 32.5. The standard InChI is InChI=1S/C41H45O3P/c1-40(2,3)35-24-28(42)25-36(41(4,5)6)45(35)39-31(37-29-16-11-9-14-26(29)20-22-33(37)43-7)18-13-19-32(39)38-30-17-12-10-15-27(30)21-23-34(38)44-8/h9-23,35-36H,24-25H2,1-8H3. The van der Waals surface area contributed by atoms with Crippen molar-refractivity contribution in [3.63, 3.8) is 0 Å². The summed E-state index contributed by atoms with van der Waals surface area (Å²) < 4.78 is 12.3. The Hall–Kier alpha value is -3.68. The summed E-state index contributed by atoms with van der Waals surface area (Å²) in [5, 5.41) is 6.05. The Labute approximate surface area is 269 Å². The fourth-order valence-corrected chi connectivity index (χ4v) is 11.8. The zero-order chi connectivity index (χ0) is 32.1. The van der Waals surface area contributed by atoms with E-state index >= 15 is 0 Å². The molecule has 1 aliphatic heterocycles. The molecule has 0 N–H and O–H groups in total. The minimum absolute atomic E-state index is 0.0681. The number of fused-ring (bicyclic) bond motifs is 2. The molecule has 0 spiro atoms. The maximum atomic E-state index is 13.6. The smallest absolute Gasteiger partial charge is 0.134 e. The molecule has 3 nitrogen and oxygen atoms in total. The van der Waals surface area contributed by atoms with E-state index in [1.54, 1.807) is 14.2 Å². The molecule has 0 aliphatic carbocycles. The fourth-order valence-electron chi connectivity index (χ4n) is 7.31. The number of methoxy groups -OCH3 is 2. The zero-order valence-electron chi connectivity index (χ0n) is 27.9. The molecule has 232 valence electrons. The van der Waals surface area contributed by atoms with Crippen LogP contribution in [0.4, 0.5) is 0 Å². The van der Waals surface area contributed by atoms with Gasteiger partial charge < -0.3 is 9.47 Å². The number of ketones is 1. The van der Waals surface area contributed by atoms with Gasteiger partial charge in [0.25, 0.3) is 0 Å². The van der Waals surface area contributed by atoms with E-state index in [-0.39, 0.29) is 22.1 Å². The number of carbonyl (C=O) groups is 1. The summed E-state index contributed by atoms with van der Waals surface area (Å²) in [6.07, 6.45) is 1.21. The van der Waals surface area contributed by atoms with Crippen LogP contribution >= 0.6 is 7.92 Å². The average Bonchev–Trinajstić information content (AvgIpc) is 3.02. The topological polar surface area (TPSA) is 35.5 Å². The van der Waals surface area contributed by atoms with E-state index < -0.39 is 7.92 Å². The summed E-state index contributed by atoms with van der Waals surface area (Å²) in [7, 11) is 2.68. The molecular weight excluding hydrogens is 571 g/mol. The molecule has 4 heteroatoms. The molecule has 6 rings (SSSR count). The van der Waals surface area contributed by atoms with E-state index in [1.807, 2.05) is 0 Å². The summed E-state index contributed by atoms with van der Waals surface area (Å²) >= 11 is 0. The van der Waals surface area contributed by atoms with Crippen LogP contribution in [0.3, 0.4) is 0 Å². The lowest BCUT2D eigenvalue weighted by Crippen LogP contribution is -2.44. The van der Waals surface area contributed by atoms with Crippen molar-refractivity contribution in [1.29, 1.82) is 0 Å². The lowest BCUT2D eigenvalue weighted by atomic mass is 9.84. The van der Waals surface area contributed by atoms with E-state index in [0.29, 0.717) is 18.6 Å². The molecule has 2 unspecified atom stereocenters. The van der Waals surface area contributed by atoms with Gasteiger partial charge in [-0.05, 0) is 72.3 Å². The van der Waals surface area contributed by atoms with E-state index in [9.17, 15) is 4.79 Å². The van der Waals surface area contributed by atoms with Crippen LogP contribution in [0.2, 0.25) is 0 Å². The first-order chi connectivity index (χ1) is 21.4. The summed E-state index contributed by atoms with van der Waals surface area (Å²) in [6.45, 7) is 13.9. The van der Waals surface area contributed by atoms with Crippen molar-refractivity contribution in [1.82, 2.24) is 0 Å². The van der Waals surface area contributed by atoms with Crippen LogP contribution in [0.5, 0.6) is 11.5 Å². The third-order valence-electron chi connectivity index (χ3n) is 9.57. The molecule has 1 heterocycles. The average molecular weight is 617 g/mol. The van der Waals surface area contributed by atoms with Gasteiger partial charge in [-0.15, -0.1) is 0 Å². The molecule has 1 aliphatic rings. The summed E-state index contributed by atoms with van der Waals surface area (Å²) in [5.41, 5.74) is 4.90. The van der Waals surface area contributed by atoms with Gasteiger partial charge in [-0.2, -0.15) is 0 Å². The van der Waals surface area contributed by atoms with Crippen LogP contribution in [0, 0.1) is 10.8 Å². The van der Waals surface area contributed by atoms with Crippen LogP contribution < -0.4 is 14.8 Å². The summed E-state index contributed by atoms with van der Waals surface area (Å²) in [4.78, 5) is 13.6. The molecule has 2 atom stereocenters. The van der Waals surface area contributed by atoms with Gasteiger partial charge in [0.1, 0.15) is 17.3 Å². The maximum absolute atomic E-state index is 13.6. The molecule has 5 aromatic rings. The highest BCUT2D eigenvalue weighted by molar-refractivity contribution is 7.68. The number of hydrogen-bond donors (Lipinski definition) is 0. The predicted molar refractivity (Wildman–Crippen MR) is 193 cm³/mol. The van der Waals surface area contributed by atoms with E-state index in [0.717, 1.165) is 22.6 Å². The van der Waals surface area contributed by atoms with Crippen molar-refractivity contribution in [3.05, 3.63) is 91.0 Å². The van der Waals surface area contributed by atoms with Gasteiger partial charge in [0.2, 0.25) is 0 Å². The van der Waals surface area contributed by atoms with Crippen LogP contribution in [0.15, 0.2) is 91.0 Å². The van der Waals surface area contributed by atoms with Crippen molar-refractivity contribution in [2.45, 2.75) is 65.7 Å². The first-order valence-electron chi connectivity index (χ1n) is 16.0. The molecule has 0 saturated carbocycles. The molecule has 0 radical (unpaired) electrons. The Balaban J connectivity index is 1.82. The number of rotatable bonds is 5. The molecule has 1 saturated heterocycles. The van der Waals surface area contributed by atoms with Gasteiger partial charge in [0, 0.05) is 24.0 Å². The van der Waals surface area contributed by atoms with Crippen molar-refractivity contribution in [2.75, 3.05) is 14.2 Å². The molecule has 0 aromatic heterocycles. The first kappa shape index (κ1) is 31.3. The van der Waals surface area contributed by atoms with Crippen LogP contribution in [0.25, 0.3) is 43.8 Å². The van der Waals surface area contributed by atoms with Crippen molar-refractivity contribution >= 4 is 40.6 Å². The van der Waals surface area contributed by atoms with E-state index in [4.69, 9.17) is 9.47 Å². The van der Waals surface area contributed by atoms with Crippen LogP contribution in [-0.2, 0) is 4.79 Å². The van der Waals surface area contributed by atoms with Gasteiger partial charge in [0.05, 0.1) is 14.2 Å². The number of hydrogen-bond acceptors (Lipinski definition) is 3. The highest BCUT2D eigenvalue weighted by Crippen LogP contribution is 2.64. The summed E-state index contributed by atoms with van der Waals surface area (Å²) in [5.74, 6) is 2.11. The second-order valence-electron chi connectivity index (χ2n) is 14.5. The van der Waals surface area contributed by atoms with Crippen LogP contribution in [-0.4, -0.2) is 31.3 Å². The molecule has 45 heavy (non-hydrogen) atoms. The quantitative estimate of drug-likeness (QED) is 0.184. The van der Waals surface area contributed by atoms with Gasteiger partial charge in [-0.3, -0.25) is 4.79 Å². The Bertz CT molecular complexity index is 1760. The largest absolute Gasteiger partial charge is 0.496 e. The zero-order valence-corrected chi connectivity index (χ0v) is 28.8. The van der Waals surface area contributed by atoms with Crippen LogP contribution in [0.1, 0.15) is 54.4 Å². The second kappa shape index (κ2) is 11.9. The maximum Gasteiger partial charge on any atom is 0.134 e. The first-order valence-corrected chi connectivity index (χ1v) is 17.5. The molecule has 5 aromatic carbocycles.